The lowest BCUT2D eigenvalue weighted by atomic mass is 9.97. The number of aryl methyl sites for hydroxylation is 1. The van der Waals surface area contributed by atoms with Gasteiger partial charge in [-0.2, -0.15) is 4.98 Å². The molecule has 6 heteroatoms. The van der Waals surface area contributed by atoms with Crippen LogP contribution in [0.5, 0.6) is 0 Å². The first-order chi connectivity index (χ1) is 13.2. The van der Waals surface area contributed by atoms with Crippen LogP contribution < -0.4 is 10.2 Å². The van der Waals surface area contributed by atoms with Crippen molar-refractivity contribution in [3.8, 4) is 0 Å². The molecule has 27 heavy (non-hydrogen) atoms. The van der Waals surface area contributed by atoms with Crippen molar-refractivity contribution in [1.82, 2.24) is 15.5 Å². The average Bonchev–Trinajstić information content (AvgIpc) is 3.16. The third-order valence-corrected chi connectivity index (χ3v) is 4.92. The van der Waals surface area contributed by atoms with E-state index in [1.807, 2.05) is 18.2 Å². The van der Waals surface area contributed by atoms with Gasteiger partial charge in [0.1, 0.15) is 0 Å². The first-order valence-electron chi connectivity index (χ1n) is 9.20. The van der Waals surface area contributed by atoms with Crippen LogP contribution in [0.3, 0.4) is 0 Å². The summed E-state index contributed by atoms with van der Waals surface area (Å²) in [5, 5.41) is 6.82. The zero-order chi connectivity index (χ0) is 18.6. The van der Waals surface area contributed by atoms with Gasteiger partial charge >= 0.3 is 0 Å². The molecule has 0 radical (unpaired) electrons. The first kappa shape index (κ1) is 17.3. The summed E-state index contributed by atoms with van der Waals surface area (Å²) in [5.41, 5.74) is 3.19. The Bertz CT molecular complexity index is 923. The Hall–Kier alpha value is -3.15. The van der Waals surface area contributed by atoms with Gasteiger partial charge in [-0.25, -0.2) is 0 Å². The highest BCUT2D eigenvalue weighted by molar-refractivity contribution is 5.93. The molecule has 6 nitrogen and oxygen atoms in total. The van der Waals surface area contributed by atoms with Gasteiger partial charge in [0.2, 0.25) is 5.89 Å². The van der Waals surface area contributed by atoms with Gasteiger partial charge in [-0.1, -0.05) is 41.6 Å². The Morgan fingerprint density at radius 1 is 1.19 bits per heavy atom. The van der Waals surface area contributed by atoms with Crippen LogP contribution in [0.4, 0.5) is 5.69 Å². The molecule has 0 unspecified atom stereocenters. The molecular weight excluding hydrogens is 340 g/mol. The maximum atomic E-state index is 12.1. The summed E-state index contributed by atoms with van der Waals surface area (Å²) in [4.78, 5) is 18.9. The van der Waals surface area contributed by atoms with Gasteiger partial charge in [0.15, 0.2) is 5.82 Å². The molecule has 1 aliphatic rings. The van der Waals surface area contributed by atoms with Crippen LogP contribution >= 0.6 is 0 Å². The molecule has 138 valence electrons. The van der Waals surface area contributed by atoms with Crippen molar-refractivity contribution in [1.29, 1.82) is 0 Å². The fourth-order valence-electron chi connectivity index (χ4n) is 3.42. The van der Waals surface area contributed by atoms with Gasteiger partial charge in [0.25, 0.3) is 5.91 Å². The number of hydrogen-bond acceptors (Lipinski definition) is 5. The second-order valence-electron chi connectivity index (χ2n) is 6.80. The number of anilines is 1. The number of rotatable bonds is 5. The Labute approximate surface area is 158 Å². The number of hydrogen-bond donors (Lipinski definition) is 1. The van der Waals surface area contributed by atoms with Crippen LogP contribution in [0.15, 0.2) is 59.1 Å². The topological polar surface area (TPSA) is 71.3 Å². The van der Waals surface area contributed by atoms with Crippen LogP contribution in [-0.4, -0.2) is 22.1 Å². The molecule has 0 spiro atoms. The van der Waals surface area contributed by atoms with E-state index in [1.165, 1.54) is 11.3 Å². The Morgan fingerprint density at radius 2 is 1.96 bits per heavy atom. The number of nitrogens with zero attached hydrogens (tertiary/aromatic N) is 3. The molecule has 1 aromatic heterocycles. The molecule has 0 saturated heterocycles. The smallest absolute Gasteiger partial charge is 0.251 e. The maximum Gasteiger partial charge on any atom is 0.251 e. The second-order valence-corrected chi connectivity index (χ2v) is 6.80. The number of para-hydroxylation sites is 1. The minimum atomic E-state index is -0.152. The van der Waals surface area contributed by atoms with Crippen LogP contribution in [0.2, 0.25) is 0 Å². The molecule has 4 rings (SSSR count). The third kappa shape index (κ3) is 3.84. The number of carbonyl (C=O) groups excluding carboxylic acids is 1. The number of fused-ring (bicyclic) bond motifs is 1. The van der Waals surface area contributed by atoms with E-state index in [0.717, 1.165) is 12.8 Å². The van der Waals surface area contributed by atoms with E-state index in [-0.39, 0.29) is 12.5 Å². The number of amides is 1. The monoisotopic (exact) mass is 362 g/mol. The van der Waals surface area contributed by atoms with Crippen molar-refractivity contribution >= 4 is 11.6 Å². The van der Waals surface area contributed by atoms with Gasteiger partial charge in [-0.05, 0) is 43.5 Å². The molecule has 0 aliphatic carbocycles. The van der Waals surface area contributed by atoms with E-state index >= 15 is 0 Å². The summed E-state index contributed by atoms with van der Waals surface area (Å²) in [5.74, 6) is 0.885. The van der Waals surface area contributed by atoms with Crippen molar-refractivity contribution in [3.05, 3.63) is 77.4 Å². The van der Waals surface area contributed by atoms with Gasteiger partial charge in [0.05, 0.1) is 13.1 Å². The lowest BCUT2D eigenvalue weighted by Gasteiger charge is -2.36. The predicted molar refractivity (Wildman–Crippen MR) is 102 cm³/mol. The second kappa shape index (κ2) is 7.61. The molecule has 0 saturated carbocycles. The van der Waals surface area contributed by atoms with Crippen molar-refractivity contribution in [2.45, 2.75) is 38.9 Å². The summed E-state index contributed by atoms with van der Waals surface area (Å²) in [7, 11) is 0. The zero-order valence-electron chi connectivity index (χ0n) is 15.3. The van der Waals surface area contributed by atoms with Crippen LogP contribution in [0, 0.1) is 0 Å². The van der Waals surface area contributed by atoms with Crippen LogP contribution in [-0.2, 0) is 19.5 Å². The van der Waals surface area contributed by atoms with Crippen molar-refractivity contribution in [2.24, 2.45) is 0 Å². The van der Waals surface area contributed by atoms with E-state index in [4.69, 9.17) is 4.52 Å². The first-order valence-corrected chi connectivity index (χ1v) is 9.20. The minimum absolute atomic E-state index is 0.152. The number of aromatic nitrogens is 2. The van der Waals surface area contributed by atoms with E-state index in [1.54, 1.807) is 12.1 Å². The molecule has 1 atom stereocenters. The normalized spacial score (nSPS) is 16.0. The van der Waals surface area contributed by atoms with Crippen molar-refractivity contribution in [3.63, 3.8) is 0 Å². The van der Waals surface area contributed by atoms with E-state index in [0.29, 0.717) is 29.9 Å². The van der Waals surface area contributed by atoms with Crippen LogP contribution in [0.1, 0.15) is 41.0 Å². The summed E-state index contributed by atoms with van der Waals surface area (Å²) in [6.07, 6.45) is 2.19. The lowest BCUT2D eigenvalue weighted by Crippen LogP contribution is -2.36. The molecule has 3 aromatic rings. The molecule has 0 bridgehead atoms. The maximum absolute atomic E-state index is 12.1. The Kier molecular flexibility index (Phi) is 4.87. The van der Waals surface area contributed by atoms with E-state index < -0.39 is 0 Å². The largest absolute Gasteiger partial charge is 0.359 e. The van der Waals surface area contributed by atoms with E-state index in [9.17, 15) is 4.79 Å². The molecule has 1 amide bonds. The molecular formula is C21H22N4O2. The Morgan fingerprint density at radius 3 is 2.81 bits per heavy atom. The van der Waals surface area contributed by atoms with Gasteiger partial charge in [-0.15, -0.1) is 0 Å². The third-order valence-electron chi connectivity index (χ3n) is 4.92. The lowest BCUT2D eigenvalue weighted by molar-refractivity contribution is 0.0949. The summed E-state index contributed by atoms with van der Waals surface area (Å²) in [6.45, 7) is 3.02. The predicted octanol–water partition coefficient (Wildman–Crippen LogP) is 3.34. The summed E-state index contributed by atoms with van der Waals surface area (Å²) in [6, 6.07) is 17.9. The summed E-state index contributed by atoms with van der Waals surface area (Å²) < 4.78 is 5.41. The highest BCUT2D eigenvalue weighted by atomic mass is 16.5. The molecule has 1 N–H and O–H groups in total. The number of benzene rings is 2. The minimum Gasteiger partial charge on any atom is -0.359 e. The number of carbonyl (C=O) groups is 1. The number of nitrogens with one attached hydrogen (secondary N) is 1. The van der Waals surface area contributed by atoms with E-state index in [2.05, 4.69) is 51.5 Å². The fraction of sp³-hybridized carbons (Fsp3) is 0.286. The zero-order valence-corrected chi connectivity index (χ0v) is 15.3. The fourth-order valence-corrected chi connectivity index (χ4v) is 3.42. The Balaban J connectivity index is 1.41. The molecule has 0 fully saturated rings. The molecule has 1 aliphatic heterocycles. The SMILES string of the molecule is C[C@@H]1CCc2ccccc2N1Cc1nc(CNC(=O)c2ccccc2)no1. The molecule has 2 heterocycles. The summed E-state index contributed by atoms with van der Waals surface area (Å²) >= 11 is 0. The highest BCUT2D eigenvalue weighted by Gasteiger charge is 2.24. The quantitative estimate of drug-likeness (QED) is 0.754. The van der Waals surface area contributed by atoms with Gasteiger partial charge in [0, 0.05) is 17.3 Å². The van der Waals surface area contributed by atoms with Gasteiger partial charge in [-0.3, -0.25) is 4.79 Å². The molecule has 2 aromatic carbocycles. The van der Waals surface area contributed by atoms with Crippen molar-refractivity contribution < 1.29 is 9.32 Å². The van der Waals surface area contributed by atoms with Crippen molar-refractivity contribution in [2.75, 3.05) is 4.90 Å². The van der Waals surface area contributed by atoms with Crippen LogP contribution in [0.25, 0.3) is 0 Å². The highest BCUT2D eigenvalue weighted by Crippen LogP contribution is 2.31. The van der Waals surface area contributed by atoms with Gasteiger partial charge < -0.3 is 14.7 Å². The standard InChI is InChI=1S/C21H22N4O2/c1-15-11-12-16-7-5-6-10-18(16)25(15)14-20-23-19(24-27-20)13-22-21(26)17-8-3-2-4-9-17/h2-10,15H,11-14H2,1H3,(H,22,26)/t15-/m1/s1. The average molecular weight is 362 g/mol.